The van der Waals surface area contributed by atoms with Crippen molar-refractivity contribution in [3.8, 4) is 0 Å². The highest BCUT2D eigenvalue weighted by atomic mass is 16.5. The van der Waals surface area contributed by atoms with Gasteiger partial charge in [0.1, 0.15) is 0 Å². The Hall–Kier alpha value is -1.42. The molecule has 1 atom stereocenters. The lowest BCUT2D eigenvalue weighted by Crippen LogP contribution is -2.31. The summed E-state index contributed by atoms with van der Waals surface area (Å²) in [6, 6.07) is 4.09. The summed E-state index contributed by atoms with van der Waals surface area (Å²) in [6.07, 6.45) is 4.00. The first-order valence-electron chi connectivity index (χ1n) is 5.29. The highest BCUT2D eigenvalue weighted by molar-refractivity contribution is 5.69. The summed E-state index contributed by atoms with van der Waals surface area (Å²) in [4.78, 5) is 17.3. The highest BCUT2D eigenvalue weighted by Crippen LogP contribution is 2.07. The second kappa shape index (κ2) is 6.23. The summed E-state index contributed by atoms with van der Waals surface area (Å²) in [7, 11) is 3.40. The third-order valence-corrected chi connectivity index (χ3v) is 2.60. The van der Waals surface area contributed by atoms with Crippen LogP contribution in [0.4, 0.5) is 0 Å². The van der Waals surface area contributed by atoms with E-state index in [0.717, 1.165) is 12.1 Å². The molecular formula is C12H18N2O2. The number of esters is 1. The number of carbonyl (C=O) groups is 1. The number of carbonyl (C=O) groups excluding carboxylic acids is 1. The van der Waals surface area contributed by atoms with Crippen LogP contribution in [0.25, 0.3) is 0 Å². The van der Waals surface area contributed by atoms with Crippen LogP contribution in [0.1, 0.15) is 18.9 Å². The normalized spacial score (nSPS) is 12.5. The van der Waals surface area contributed by atoms with Crippen LogP contribution >= 0.6 is 0 Å². The molecule has 0 saturated heterocycles. The fraction of sp³-hybridized carbons (Fsp3) is 0.500. The Morgan fingerprint density at radius 1 is 1.62 bits per heavy atom. The summed E-state index contributed by atoms with van der Waals surface area (Å²) in [5.41, 5.74) is 1.14. The number of hydrogen-bond donors (Lipinski definition) is 0. The van der Waals surface area contributed by atoms with Crippen LogP contribution in [0.5, 0.6) is 0 Å². The maximum absolute atomic E-state index is 11.1. The molecule has 0 aliphatic heterocycles. The van der Waals surface area contributed by atoms with Crippen LogP contribution in [-0.4, -0.2) is 36.1 Å². The Morgan fingerprint density at radius 3 is 2.94 bits per heavy atom. The first-order chi connectivity index (χ1) is 7.63. The van der Waals surface area contributed by atoms with E-state index in [1.165, 1.54) is 7.11 Å². The largest absolute Gasteiger partial charge is 0.469 e. The van der Waals surface area contributed by atoms with Gasteiger partial charge in [0.25, 0.3) is 0 Å². The Morgan fingerprint density at radius 2 is 2.38 bits per heavy atom. The van der Waals surface area contributed by atoms with E-state index in [0.29, 0.717) is 6.42 Å². The number of nitrogens with zero attached hydrogens (tertiary/aromatic N) is 2. The van der Waals surface area contributed by atoms with Gasteiger partial charge >= 0.3 is 5.97 Å². The van der Waals surface area contributed by atoms with E-state index < -0.39 is 0 Å². The number of hydrogen-bond acceptors (Lipinski definition) is 4. The fourth-order valence-corrected chi connectivity index (χ4v) is 1.42. The quantitative estimate of drug-likeness (QED) is 0.707. The van der Waals surface area contributed by atoms with Crippen molar-refractivity contribution in [2.75, 3.05) is 14.2 Å². The van der Waals surface area contributed by atoms with Crippen LogP contribution in [0.2, 0.25) is 0 Å². The highest BCUT2D eigenvalue weighted by Gasteiger charge is 2.14. The van der Waals surface area contributed by atoms with Crippen molar-refractivity contribution in [3.63, 3.8) is 0 Å². The second-order valence-electron chi connectivity index (χ2n) is 3.91. The molecule has 0 aliphatic rings. The number of methoxy groups -OCH3 is 1. The number of aromatic nitrogens is 1. The molecule has 0 radical (unpaired) electrons. The van der Waals surface area contributed by atoms with E-state index in [1.54, 1.807) is 6.20 Å². The minimum Gasteiger partial charge on any atom is -0.469 e. The summed E-state index contributed by atoms with van der Waals surface area (Å²) in [5.74, 6) is -0.175. The number of rotatable bonds is 5. The van der Waals surface area contributed by atoms with Crippen LogP contribution in [0, 0.1) is 0 Å². The molecule has 16 heavy (non-hydrogen) atoms. The van der Waals surface area contributed by atoms with Gasteiger partial charge in [-0.1, -0.05) is 6.07 Å². The summed E-state index contributed by atoms with van der Waals surface area (Å²) in [6.45, 7) is 2.79. The molecule has 1 rings (SSSR count). The second-order valence-corrected chi connectivity index (χ2v) is 3.91. The van der Waals surface area contributed by atoms with Gasteiger partial charge in [-0.15, -0.1) is 0 Å². The predicted octanol–water partition coefficient (Wildman–Crippen LogP) is 1.47. The Labute approximate surface area is 96.2 Å². The molecule has 0 N–H and O–H groups in total. The molecule has 1 unspecified atom stereocenters. The smallest absolute Gasteiger partial charge is 0.307 e. The number of ether oxygens (including phenoxy) is 1. The molecule has 4 nitrogen and oxygen atoms in total. The molecule has 0 spiro atoms. The molecule has 0 aromatic carbocycles. The average Bonchev–Trinajstić information content (AvgIpc) is 2.30. The topological polar surface area (TPSA) is 42.4 Å². The standard InChI is InChI=1S/C12H18N2O2/c1-10(7-12(15)16-3)14(2)9-11-5-4-6-13-8-11/h4-6,8,10H,7,9H2,1-3H3. The van der Waals surface area contributed by atoms with Crippen molar-refractivity contribution >= 4 is 5.97 Å². The van der Waals surface area contributed by atoms with Gasteiger partial charge in [-0.05, 0) is 25.6 Å². The van der Waals surface area contributed by atoms with Crippen molar-refractivity contribution in [2.45, 2.75) is 25.9 Å². The van der Waals surface area contributed by atoms with Gasteiger partial charge in [0.15, 0.2) is 0 Å². The lowest BCUT2D eigenvalue weighted by Gasteiger charge is -2.23. The third kappa shape index (κ3) is 3.98. The zero-order valence-electron chi connectivity index (χ0n) is 10.0. The Bertz CT molecular complexity index is 327. The molecule has 0 fully saturated rings. The van der Waals surface area contributed by atoms with E-state index in [2.05, 4.69) is 14.6 Å². The van der Waals surface area contributed by atoms with E-state index in [-0.39, 0.29) is 12.0 Å². The first-order valence-corrected chi connectivity index (χ1v) is 5.29. The Balaban J connectivity index is 2.46. The minimum absolute atomic E-state index is 0.160. The molecule has 0 bridgehead atoms. The summed E-state index contributed by atoms with van der Waals surface area (Å²) < 4.78 is 4.64. The van der Waals surface area contributed by atoms with Crippen LogP contribution in [-0.2, 0) is 16.1 Å². The lowest BCUT2D eigenvalue weighted by molar-refractivity contribution is -0.141. The van der Waals surface area contributed by atoms with Gasteiger partial charge in [-0.25, -0.2) is 0 Å². The maximum atomic E-state index is 11.1. The molecule has 0 saturated carbocycles. The third-order valence-electron chi connectivity index (χ3n) is 2.60. The first kappa shape index (κ1) is 12.6. The van der Waals surface area contributed by atoms with E-state index in [9.17, 15) is 4.79 Å². The van der Waals surface area contributed by atoms with Gasteiger partial charge < -0.3 is 4.74 Å². The molecule has 1 aromatic heterocycles. The molecule has 0 aliphatic carbocycles. The fourth-order valence-electron chi connectivity index (χ4n) is 1.42. The van der Waals surface area contributed by atoms with Crippen molar-refractivity contribution in [2.24, 2.45) is 0 Å². The maximum Gasteiger partial charge on any atom is 0.307 e. The van der Waals surface area contributed by atoms with Crippen molar-refractivity contribution in [1.29, 1.82) is 0 Å². The zero-order valence-corrected chi connectivity index (χ0v) is 10.0. The van der Waals surface area contributed by atoms with Gasteiger partial charge in [-0.3, -0.25) is 14.7 Å². The lowest BCUT2D eigenvalue weighted by atomic mass is 10.2. The molecule has 0 amide bonds. The molecule has 4 heteroatoms. The zero-order chi connectivity index (χ0) is 12.0. The van der Waals surface area contributed by atoms with Gasteiger partial charge in [0.2, 0.25) is 0 Å². The predicted molar refractivity (Wildman–Crippen MR) is 61.8 cm³/mol. The van der Waals surface area contributed by atoms with Crippen molar-refractivity contribution in [1.82, 2.24) is 9.88 Å². The average molecular weight is 222 g/mol. The molecule has 88 valence electrons. The summed E-state index contributed by atoms with van der Waals surface area (Å²) >= 11 is 0. The van der Waals surface area contributed by atoms with Crippen LogP contribution in [0.3, 0.4) is 0 Å². The van der Waals surface area contributed by atoms with Crippen LogP contribution in [0.15, 0.2) is 24.5 Å². The minimum atomic E-state index is -0.175. The van der Waals surface area contributed by atoms with Gasteiger partial charge in [0, 0.05) is 25.0 Å². The SMILES string of the molecule is COC(=O)CC(C)N(C)Cc1cccnc1. The van der Waals surface area contributed by atoms with Crippen molar-refractivity contribution in [3.05, 3.63) is 30.1 Å². The molecular weight excluding hydrogens is 204 g/mol. The molecule has 1 heterocycles. The number of pyridine rings is 1. The van der Waals surface area contributed by atoms with Gasteiger partial charge in [-0.2, -0.15) is 0 Å². The van der Waals surface area contributed by atoms with Crippen LogP contribution < -0.4 is 0 Å². The monoisotopic (exact) mass is 222 g/mol. The van der Waals surface area contributed by atoms with Crippen molar-refractivity contribution < 1.29 is 9.53 Å². The summed E-state index contributed by atoms with van der Waals surface area (Å²) in [5, 5.41) is 0. The molecule has 1 aromatic rings. The van der Waals surface area contributed by atoms with E-state index in [1.807, 2.05) is 32.3 Å². The van der Waals surface area contributed by atoms with Gasteiger partial charge in [0.05, 0.1) is 13.5 Å². The van der Waals surface area contributed by atoms with E-state index in [4.69, 9.17) is 0 Å². The van der Waals surface area contributed by atoms with E-state index >= 15 is 0 Å². The Kier molecular flexibility index (Phi) is 4.92.